The first-order chi connectivity index (χ1) is 13.9. The Kier molecular flexibility index (Phi) is 7.84. The van der Waals surface area contributed by atoms with Gasteiger partial charge < -0.3 is 16.0 Å². The summed E-state index contributed by atoms with van der Waals surface area (Å²) in [7, 11) is 0. The fourth-order valence-electron chi connectivity index (χ4n) is 2.47. The molecule has 2 rings (SSSR count). The number of hydrogen-bond acceptors (Lipinski definition) is 5. The van der Waals surface area contributed by atoms with Gasteiger partial charge in [-0.15, -0.1) is 0 Å². The lowest BCUT2D eigenvalue weighted by molar-refractivity contribution is -0.384. The molecule has 0 aromatic heterocycles. The zero-order valence-electron chi connectivity index (χ0n) is 15.9. The van der Waals surface area contributed by atoms with Crippen LogP contribution in [-0.2, 0) is 4.79 Å². The molecule has 0 atom stereocenters. The fraction of sp³-hybridized carbons (Fsp3) is 0.250. The van der Waals surface area contributed by atoms with Crippen molar-refractivity contribution in [2.75, 3.05) is 18.4 Å². The Morgan fingerprint density at radius 3 is 2.14 bits per heavy atom. The molecule has 9 heteroatoms. The van der Waals surface area contributed by atoms with Crippen molar-refractivity contribution in [2.45, 2.75) is 19.8 Å². The summed E-state index contributed by atoms with van der Waals surface area (Å²) in [5.41, 5.74) is 1.04. The highest BCUT2D eigenvalue weighted by Gasteiger charge is 2.11. The lowest BCUT2D eigenvalue weighted by Gasteiger charge is -2.08. The molecule has 0 fully saturated rings. The number of non-ortho nitro benzene ring substituents is 1. The van der Waals surface area contributed by atoms with Crippen molar-refractivity contribution in [3.05, 3.63) is 69.8 Å². The van der Waals surface area contributed by atoms with Crippen LogP contribution in [0.2, 0.25) is 0 Å². The van der Waals surface area contributed by atoms with Crippen LogP contribution < -0.4 is 16.0 Å². The third-order valence-electron chi connectivity index (χ3n) is 3.92. The zero-order valence-corrected chi connectivity index (χ0v) is 15.9. The van der Waals surface area contributed by atoms with Crippen LogP contribution in [0.3, 0.4) is 0 Å². The number of carbonyl (C=O) groups is 3. The smallest absolute Gasteiger partial charge is 0.270 e. The SMILES string of the molecule is CCCC(=O)Nc1ccc(C(=O)NCCNC(=O)c2cccc([N+](=O)[O-])c2)cc1. The van der Waals surface area contributed by atoms with Crippen LogP contribution in [0, 0.1) is 10.1 Å². The van der Waals surface area contributed by atoms with Crippen molar-refractivity contribution in [3.8, 4) is 0 Å². The number of anilines is 1. The molecular weight excluding hydrogens is 376 g/mol. The number of nitro benzene ring substituents is 1. The van der Waals surface area contributed by atoms with Gasteiger partial charge in [0.2, 0.25) is 5.91 Å². The summed E-state index contributed by atoms with van der Waals surface area (Å²) in [6, 6.07) is 11.9. The number of nitrogens with zero attached hydrogens (tertiary/aromatic N) is 1. The molecule has 0 heterocycles. The van der Waals surface area contributed by atoms with Crippen molar-refractivity contribution in [1.29, 1.82) is 0 Å². The molecule has 2 aromatic rings. The van der Waals surface area contributed by atoms with Gasteiger partial charge in [0.25, 0.3) is 17.5 Å². The maximum atomic E-state index is 12.1. The van der Waals surface area contributed by atoms with Gasteiger partial charge >= 0.3 is 0 Å². The number of nitro groups is 1. The van der Waals surface area contributed by atoms with Crippen LogP contribution in [0.1, 0.15) is 40.5 Å². The van der Waals surface area contributed by atoms with E-state index in [0.29, 0.717) is 17.7 Å². The predicted molar refractivity (Wildman–Crippen MR) is 108 cm³/mol. The van der Waals surface area contributed by atoms with Crippen molar-refractivity contribution in [2.24, 2.45) is 0 Å². The van der Waals surface area contributed by atoms with Gasteiger partial charge in [-0.2, -0.15) is 0 Å². The zero-order chi connectivity index (χ0) is 21.2. The Balaban J connectivity index is 1.78. The maximum Gasteiger partial charge on any atom is 0.270 e. The number of benzene rings is 2. The Hall–Kier alpha value is -3.75. The van der Waals surface area contributed by atoms with Gasteiger partial charge in [0, 0.05) is 48.5 Å². The summed E-state index contributed by atoms with van der Waals surface area (Å²) in [5.74, 6) is -0.861. The van der Waals surface area contributed by atoms with Crippen LogP contribution in [0.4, 0.5) is 11.4 Å². The molecule has 0 spiro atoms. The summed E-state index contributed by atoms with van der Waals surface area (Å²) in [6.45, 7) is 2.27. The monoisotopic (exact) mass is 398 g/mol. The van der Waals surface area contributed by atoms with Gasteiger partial charge in [-0.05, 0) is 36.8 Å². The van der Waals surface area contributed by atoms with E-state index in [4.69, 9.17) is 0 Å². The molecule has 9 nitrogen and oxygen atoms in total. The molecule has 3 N–H and O–H groups in total. The molecule has 152 valence electrons. The van der Waals surface area contributed by atoms with Gasteiger partial charge in [-0.25, -0.2) is 0 Å². The molecule has 2 aromatic carbocycles. The summed E-state index contributed by atoms with van der Waals surface area (Å²) in [5, 5.41) is 18.8. The first-order valence-corrected chi connectivity index (χ1v) is 9.11. The Bertz CT molecular complexity index is 896. The molecule has 29 heavy (non-hydrogen) atoms. The van der Waals surface area contributed by atoms with E-state index in [1.165, 1.54) is 24.3 Å². The molecule has 0 radical (unpaired) electrons. The van der Waals surface area contributed by atoms with Gasteiger partial charge in [-0.3, -0.25) is 24.5 Å². The van der Waals surface area contributed by atoms with Gasteiger partial charge in [0.05, 0.1) is 4.92 Å². The van der Waals surface area contributed by atoms with Gasteiger partial charge in [-0.1, -0.05) is 13.0 Å². The molecule has 0 saturated carbocycles. The Labute approximate surface area is 167 Å². The normalized spacial score (nSPS) is 10.1. The predicted octanol–water partition coefficient (Wildman–Crippen LogP) is 2.49. The van der Waals surface area contributed by atoms with Crippen LogP contribution in [-0.4, -0.2) is 35.7 Å². The molecule has 3 amide bonds. The second-order valence-corrected chi connectivity index (χ2v) is 6.19. The minimum Gasteiger partial charge on any atom is -0.350 e. The second-order valence-electron chi connectivity index (χ2n) is 6.19. The number of nitrogens with one attached hydrogen (secondary N) is 3. The van der Waals surface area contributed by atoms with E-state index in [2.05, 4.69) is 16.0 Å². The molecular formula is C20H22N4O5. The fourth-order valence-corrected chi connectivity index (χ4v) is 2.47. The van der Waals surface area contributed by atoms with Crippen molar-refractivity contribution < 1.29 is 19.3 Å². The van der Waals surface area contributed by atoms with Crippen LogP contribution in [0.5, 0.6) is 0 Å². The number of rotatable bonds is 9. The molecule has 0 aliphatic heterocycles. The lowest BCUT2D eigenvalue weighted by Crippen LogP contribution is -2.34. The highest BCUT2D eigenvalue weighted by molar-refractivity contribution is 5.96. The third kappa shape index (κ3) is 6.73. The van der Waals surface area contributed by atoms with E-state index in [0.717, 1.165) is 6.42 Å². The first kappa shape index (κ1) is 21.5. The third-order valence-corrected chi connectivity index (χ3v) is 3.92. The van der Waals surface area contributed by atoms with E-state index in [9.17, 15) is 24.5 Å². The van der Waals surface area contributed by atoms with E-state index in [-0.39, 0.29) is 36.2 Å². The maximum absolute atomic E-state index is 12.1. The number of hydrogen-bond donors (Lipinski definition) is 3. The molecule has 0 bridgehead atoms. The summed E-state index contributed by atoms with van der Waals surface area (Å²) < 4.78 is 0. The van der Waals surface area contributed by atoms with Crippen LogP contribution >= 0.6 is 0 Å². The van der Waals surface area contributed by atoms with Gasteiger partial charge in [0.1, 0.15) is 0 Å². The lowest BCUT2D eigenvalue weighted by atomic mass is 10.2. The van der Waals surface area contributed by atoms with E-state index < -0.39 is 10.8 Å². The Morgan fingerprint density at radius 2 is 1.55 bits per heavy atom. The largest absolute Gasteiger partial charge is 0.350 e. The van der Waals surface area contributed by atoms with E-state index in [1.54, 1.807) is 24.3 Å². The number of carbonyl (C=O) groups excluding carboxylic acids is 3. The van der Waals surface area contributed by atoms with E-state index >= 15 is 0 Å². The quantitative estimate of drug-likeness (QED) is 0.339. The summed E-state index contributed by atoms with van der Waals surface area (Å²) >= 11 is 0. The topological polar surface area (TPSA) is 130 Å². The standard InChI is InChI=1S/C20H22N4O5/c1-2-4-18(25)23-16-9-7-14(8-10-16)19(26)21-11-12-22-20(27)15-5-3-6-17(13-15)24(28)29/h3,5-10,13H,2,4,11-12H2,1H3,(H,21,26)(H,22,27)(H,23,25). The van der Waals surface area contributed by atoms with Gasteiger partial charge in [0.15, 0.2) is 0 Å². The summed E-state index contributed by atoms with van der Waals surface area (Å²) in [4.78, 5) is 45.9. The second kappa shape index (κ2) is 10.5. The minimum absolute atomic E-state index is 0.0795. The van der Waals surface area contributed by atoms with Crippen molar-refractivity contribution in [1.82, 2.24) is 10.6 Å². The average molecular weight is 398 g/mol. The van der Waals surface area contributed by atoms with Crippen LogP contribution in [0.15, 0.2) is 48.5 Å². The minimum atomic E-state index is -0.572. The Morgan fingerprint density at radius 1 is 0.931 bits per heavy atom. The highest BCUT2D eigenvalue weighted by Crippen LogP contribution is 2.13. The molecule has 0 aliphatic carbocycles. The first-order valence-electron chi connectivity index (χ1n) is 9.11. The molecule has 0 unspecified atom stereocenters. The number of amides is 3. The average Bonchev–Trinajstić information content (AvgIpc) is 2.71. The summed E-state index contributed by atoms with van der Waals surface area (Å²) in [6.07, 6.45) is 1.19. The highest BCUT2D eigenvalue weighted by atomic mass is 16.6. The van der Waals surface area contributed by atoms with Crippen LogP contribution in [0.25, 0.3) is 0 Å². The van der Waals surface area contributed by atoms with Crippen molar-refractivity contribution >= 4 is 29.1 Å². The van der Waals surface area contributed by atoms with E-state index in [1.807, 2.05) is 6.92 Å². The molecule has 0 aliphatic rings. The van der Waals surface area contributed by atoms with Crippen molar-refractivity contribution in [3.63, 3.8) is 0 Å². The molecule has 0 saturated heterocycles.